The van der Waals surface area contributed by atoms with E-state index in [1.165, 1.54) is 0 Å². The van der Waals surface area contributed by atoms with Crippen LogP contribution in [0.1, 0.15) is 38.6 Å². The average Bonchev–Trinajstić information content (AvgIpc) is 2.90. The summed E-state index contributed by atoms with van der Waals surface area (Å²) in [5.74, 6) is 1.01. The normalized spacial score (nSPS) is 11.8. The van der Waals surface area contributed by atoms with Gasteiger partial charge < -0.3 is 15.0 Å². The summed E-state index contributed by atoms with van der Waals surface area (Å²) in [5, 5.41) is 3.49. The van der Waals surface area contributed by atoms with Crippen LogP contribution in [-0.2, 0) is 0 Å². The molecule has 0 saturated carbocycles. The quantitative estimate of drug-likeness (QED) is 0.270. The Morgan fingerprint density at radius 2 is 1.78 bits per heavy atom. The first kappa shape index (κ1) is 25.4. The molecule has 0 radical (unpaired) electrons. The van der Waals surface area contributed by atoms with Gasteiger partial charge in [0.2, 0.25) is 0 Å². The average molecular weight is 549 g/mol. The Morgan fingerprint density at radius 3 is 2.50 bits per heavy atom. The van der Waals surface area contributed by atoms with Crippen LogP contribution in [0.2, 0.25) is 0 Å². The summed E-state index contributed by atoms with van der Waals surface area (Å²) in [6.07, 6.45) is 1.73. The van der Waals surface area contributed by atoms with Gasteiger partial charge in [0.1, 0.15) is 11.6 Å². The van der Waals surface area contributed by atoms with Crippen LogP contribution in [0.15, 0.2) is 82.1 Å². The lowest BCUT2D eigenvalue weighted by atomic mass is 10.1. The highest BCUT2D eigenvalue weighted by atomic mass is 79.9. The third-order valence-corrected chi connectivity index (χ3v) is 6.61. The maximum Gasteiger partial charge on any atom is 0.322 e. The van der Waals surface area contributed by atoms with E-state index < -0.39 is 6.04 Å². The number of anilines is 1. The standard InChI is InChI=1S/C28H29BrN4O3/c1-4-5-18-32(28(35)30-21-16-14-20(29)15-17-21)19(2)26-31-23-11-7-6-10-22(23)27(34)33(26)24-12-8-9-13-25(24)36-3/h6-17,19H,4-5,18H2,1-3H3,(H,30,35). The van der Waals surface area contributed by atoms with Gasteiger partial charge in [-0.2, -0.15) is 0 Å². The van der Waals surface area contributed by atoms with Gasteiger partial charge >= 0.3 is 6.03 Å². The molecule has 1 unspecified atom stereocenters. The molecule has 2 amide bonds. The number of hydrogen-bond donors (Lipinski definition) is 1. The zero-order valence-electron chi connectivity index (χ0n) is 20.6. The van der Waals surface area contributed by atoms with Crippen molar-refractivity contribution in [3.63, 3.8) is 0 Å². The third kappa shape index (κ3) is 5.28. The Hall–Kier alpha value is -3.65. The summed E-state index contributed by atoms with van der Waals surface area (Å²) in [7, 11) is 1.57. The van der Waals surface area contributed by atoms with Crippen LogP contribution in [0.5, 0.6) is 5.75 Å². The zero-order chi connectivity index (χ0) is 25.7. The van der Waals surface area contributed by atoms with E-state index in [0.29, 0.717) is 40.4 Å². The van der Waals surface area contributed by atoms with Crippen LogP contribution in [0, 0.1) is 0 Å². The number of nitrogens with zero attached hydrogens (tertiary/aromatic N) is 3. The van der Waals surface area contributed by atoms with Crippen LogP contribution >= 0.6 is 15.9 Å². The number of unbranched alkanes of at least 4 members (excludes halogenated alkanes) is 1. The second-order valence-electron chi connectivity index (χ2n) is 8.46. The number of benzene rings is 3. The Balaban J connectivity index is 1.85. The van der Waals surface area contributed by atoms with E-state index in [2.05, 4.69) is 28.2 Å². The smallest absolute Gasteiger partial charge is 0.322 e. The van der Waals surface area contributed by atoms with Gasteiger partial charge in [-0.05, 0) is 61.9 Å². The lowest BCUT2D eigenvalue weighted by Crippen LogP contribution is -2.40. The predicted octanol–water partition coefficient (Wildman–Crippen LogP) is 6.55. The number of nitrogens with one attached hydrogen (secondary N) is 1. The number of ether oxygens (including phenoxy) is 1. The number of methoxy groups -OCH3 is 1. The van der Waals surface area contributed by atoms with Crippen LogP contribution in [0.3, 0.4) is 0 Å². The summed E-state index contributed by atoms with van der Waals surface area (Å²) in [6.45, 7) is 4.49. The molecular formula is C28H29BrN4O3. The first-order valence-electron chi connectivity index (χ1n) is 11.9. The van der Waals surface area contributed by atoms with Crippen molar-refractivity contribution in [2.45, 2.75) is 32.7 Å². The number of amides is 2. The molecule has 1 aromatic heterocycles. The number of aromatic nitrogens is 2. The first-order valence-corrected chi connectivity index (χ1v) is 12.7. The van der Waals surface area contributed by atoms with Gasteiger partial charge in [-0.25, -0.2) is 9.78 Å². The van der Waals surface area contributed by atoms with E-state index >= 15 is 0 Å². The maximum absolute atomic E-state index is 13.8. The molecule has 7 nitrogen and oxygen atoms in total. The van der Waals surface area contributed by atoms with Crippen LogP contribution in [0.25, 0.3) is 16.6 Å². The molecule has 4 aromatic rings. The summed E-state index contributed by atoms with van der Waals surface area (Å²) < 4.78 is 8.07. The summed E-state index contributed by atoms with van der Waals surface area (Å²) in [4.78, 5) is 33.9. The van der Waals surface area contributed by atoms with E-state index in [9.17, 15) is 9.59 Å². The lowest BCUT2D eigenvalue weighted by Gasteiger charge is -2.31. The van der Waals surface area contributed by atoms with E-state index in [4.69, 9.17) is 9.72 Å². The molecule has 0 aliphatic rings. The largest absolute Gasteiger partial charge is 0.495 e. The molecule has 36 heavy (non-hydrogen) atoms. The SMILES string of the molecule is CCCCN(C(=O)Nc1ccc(Br)cc1)C(C)c1nc2ccccc2c(=O)n1-c1ccccc1OC. The molecule has 0 spiro atoms. The van der Waals surface area contributed by atoms with Gasteiger partial charge in [-0.15, -0.1) is 0 Å². The van der Waals surface area contributed by atoms with Gasteiger partial charge in [0, 0.05) is 16.7 Å². The van der Waals surface area contributed by atoms with Crippen molar-refractivity contribution in [1.29, 1.82) is 0 Å². The molecule has 1 N–H and O–H groups in total. The number of carbonyl (C=O) groups excluding carboxylic acids is 1. The van der Waals surface area contributed by atoms with Crippen LogP contribution in [-0.4, -0.2) is 34.1 Å². The highest BCUT2D eigenvalue weighted by Gasteiger charge is 2.27. The van der Waals surface area contributed by atoms with Crippen molar-refractivity contribution >= 4 is 38.6 Å². The minimum Gasteiger partial charge on any atom is -0.495 e. The molecule has 0 aliphatic carbocycles. The second kappa shape index (κ2) is 11.4. The van der Waals surface area contributed by atoms with Gasteiger partial charge in [0.15, 0.2) is 0 Å². The van der Waals surface area contributed by atoms with Crippen molar-refractivity contribution in [2.75, 3.05) is 19.0 Å². The number of urea groups is 1. The fraction of sp³-hybridized carbons (Fsp3) is 0.250. The molecule has 0 saturated heterocycles. The molecule has 4 rings (SSSR count). The Morgan fingerprint density at radius 1 is 1.08 bits per heavy atom. The monoisotopic (exact) mass is 548 g/mol. The van der Waals surface area contributed by atoms with E-state index in [-0.39, 0.29) is 11.6 Å². The second-order valence-corrected chi connectivity index (χ2v) is 9.38. The van der Waals surface area contributed by atoms with Crippen molar-refractivity contribution in [3.8, 4) is 11.4 Å². The van der Waals surface area contributed by atoms with Gasteiger partial charge in [-0.1, -0.05) is 53.5 Å². The molecule has 0 fully saturated rings. The number of para-hydroxylation sites is 3. The minimum atomic E-state index is -0.505. The molecule has 8 heteroatoms. The third-order valence-electron chi connectivity index (χ3n) is 6.08. The van der Waals surface area contributed by atoms with E-state index in [0.717, 1.165) is 17.3 Å². The number of halogens is 1. The molecule has 186 valence electrons. The minimum absolute atomic E-state index is 0.212. The van der Waals surface area contributed by atoms with E-state index in [1.807, 2.05) is 67.6 Å². The number of rotatable bonds is 8. The fourth-order valence-corrected chi connectivity index (χ4v) is 4.41. The molecule has 1 atom stereocenters. The molecule has 0 aliphatic heterocycles. The lowest BCUT2D eigenvalue weighted by molar-refractivity contribution is 0.188. The molecule has 0 bridgehead atoms. The van der Waals surface area contributed by atoms with Crippen molar-refractivity contribution in [2.24, 2.45) is 0 Å². The van der Waals surface area contributed by atoms with Gasteiger partial charge in [0.25, 0.3) is 5.56 Å². The highest BCUT2D eigenvalue weighted by molar-refractivity contribution is 9.10. The molecule has 1 heterocycles. The zero-order valence-corrected chi connectivity index (χ0v) is 22.2. The van der Waals surface area contributed by atoms with Crippen molar-refractivity contribution in [1.82, 2.24) is 14.5 Å². The number of hydrogen-bond acceptors (Lipinski definition) is 4. The summed E-state index contributed by atoms with van der Waals surface area (Å²) >= 11 is 3.42. The number of carbonyl (C=O) groups is 1. The highest BCUT2D eigenvalue weighted by Crippen LogP contribution is 2.28. The Bertz CT molecular complexity index is 1420. The fourth-order valence-electron chi connectivity index (χ4n) is 4.14. The number of fused-ring (bicyclic) bond motifs is 1. The van der Waals surface area contributed by atoms with Crippen molar-refractivity contribution in [3.05, 3.63) is 93.4 Å². The predicted molar refractivity (Wildman–Crippen MR) is 147 cm³/mol. The molecule has 3 aromatic carbocycles. The first-order chi connectivity index (χ1) is 17.4. The topological polar surface area (TPSA) is 76.5 Å². The summed E-state index contributed by atoms with van der Waals surface area (Å²) in [6, 6.07) is 21.2. The summed E-state index contributed by atoms with van der Waals surface area (Å²) in [5.41, 5.74) is 1.63. The van der Waals surface area contributed by atoms with E-state index in [1.54, 1.807) is 28.7 Å². The molecular weight excluding hydrogens is 520 g/mol. The van der Waals surface area contributed by atoms with Crippen LogP contribution in [0.4, 0.5) is 10.5 Å². The Labute approximate surface area is 218 Å². The Kier molecular flexibility index (Phi) is 8.05. The van der Waals surface area contributed by atoms with Crippen LogP contribution < -0.4 is 15.6 Å². The van der Waals surface area contributed by atoms with Gasteiger partial charge in [-0.3, -0.25) is 9.36 Å². The van der Waals surface area contributed by atoms with Gasteiger partial charge in [0.05, 0.1) is 29.7 Å². The van der Waals surface area contributed by atoms with Crippen molar-refractivity contribution < 1.29 is 9.53 Å². The maximum atomic E-state index is 13.8.